The normalized spacial score (nSPS) is 12.6. The maximum absolute atomic E-state index is 12.8. The maximum atomic E-state index is 12.8. The van der Waals surface area contributed by atoms with Crippen LogP contribution >= 0.6 is 0 Å². The average molecular weight is 412 g/mol. The van der Waals surface area contributed by atoms with Crippen LogP contribution in [0.1, 0.15) is 11.3 Å². The van der Waals surface area contributed by atoms with Crippen LogP contribution < -0.4 is 10.2 Å². The van der Waals surface area contributed by atoms with Crippen molar-refractivity contribution >= 4 is 23.5 Å². The molecule has 4 aromatic rings. The fourth-order valence-corrected chi connectivity index (χ4v) is 3.60. The van der Waals surface area contributed by atoms with E-state index in [1.165, 1.54) is 0 Å². The lowest BCUT2D eigenvalue weighted by molar-refractivity contribution is -0.118. The minimum atomic E-state index is 0.00222. The Balaban J connectivity index is 1.36. The van der Waals surface area contributed by atoms with E-state index in [0.29, 0.717) is 18.3 Å². The van der Waals surface area contributed by atoms with Gasteiger partial charge in [-0.2, -0.15) is 5.10 Å². The smallest absolute Gasteiger partial charge is 0.234 e. The second-order valence-corrected chi connectivity index (χ2v) is 7.23. The summed E-state index contributed by atoms with van der Waals surface area (Å²) in [5, 5.41) is 7.29. The number of hydrogen-bond donors (Lipinski definition) is 1. The summed E-state index contributed by atoms with van der Waals surface area (Å²) in [4.78, 5) is 32.2. The summed E-state index contributed by atoms with van der Waals surface area (Å²) in [6.07, 6.45) is 7.88. The van der Waals surface area contributed by atoms with Crippen LogP contribution in [0.2, 0.25) is 0 Å². The Kier molecular flexibility index (Phi) is 4.83. The van der Waals surface area contributed by atoms with E-state index in [1.54, 1.807) is 34.4 Å². The van der Waals surface area contributed by atoms with Crippen LogP contribution in [-0.2, 0) is 24.7 Å². The zero-order valence-corrected chi connectivity index (χ0v) is 16.9. The number of carbonyl (C=O) groups excluding carboxylic acids is 1. The highest BCUT2D eigenvalue weighted by Crippen LogP contribution is 2.30. The second kappa shape index (κ2) is 7.94. The van der Waals surface area contributed by atoms with Gasteiger partial charge in [-0.3, -0.25) is 19.4 Å². The number of amides is 1. The summed E-state index contributed by atoms with van der Waals surface area (Å²) >= 11 is 0. The van der Waals surface area contributed by atoms with Crippen LogP contribution in [0.5, 0.6) is 0 Å². The molecule has 31 heavy (non-hydrogen) atoms. The lowest BCUT2D eigenvalue weighted by atomic mass is 10.1. The molecule has 5 heterocycles. The summed E-state index contributed by atoms with van der Waals surface area (Å²) in [5.41, 5.74) is 3.43. The Morgan fingerprint density at radius 1 is 1.10 bits per heavy atom. The molecule has 1 N–H and O–H groups in total. The molecule has 0 aliphatic carbocycles. The molecule has 0 atom stereocenters. The largest absolute Gasteiger partial charge is 0.309 e. The first-order chi connectivity index (χ1) is 15.2. The van der Waals surface area contributed by atoms with Gasteiger partial charge in [-0.25, -0.2) is 15.0 Å². The van der Waals surface area contributed by atoms with E-state index in [-0.39, 0.29) is 12.3 Å². The lowest BCUT2D eigenvalue weighted by Crippen LogP contribution is -2.31. The minimum absolute atomic E-state index is 0.00222. The summed E-state index contributed by atoms with van der Waals surface area (Å²) in [7, 11) is 1.84. The molecule has 1 aliphatic rings. The number of nitrogens with one attached hydrogen (secondary N) is 1. The third kappa shape index (κ3) is 3.85. The van der Waals surface area contributed by atoms with Crippen LogP contribution in [0, 0.1) is 0 Å². The van der Waals surface area contributed by atoms with E-state index in [1.807, 2.05) is 43.4 Å². The molecule has 0 fully saturated rings. The molecule has 4 aromatic heterocycles. The Morgan fingerprint density at radius 2 is 2.03 bits per heavy atom. The third-order valence-corrected chi connectivity index (χ3v) is 5.17. The summed E-state index contributed by atoms with van der Waals surface area (Å²) in [6.45, 7) is 0.620. The Labute approximate surface area is 178 Å². The van der Waals surface area contributed by atoms with Gasteiger partial charge in [0.05, 0.1) is 18.3 Å². The zero-order valence-electron chi connectivity index (χ0n) is 16.9. The molecular weight excluding hydrogens is 392 g/mol. The van der Waals surface area contributed by atoms with Crippen molar-refractivity contribution in [3.05, 3.63) is 72.4 Å². The molecule has 0 saturated carbocycles. The Hall–Kier alpha value is -4.14. The van der Waals surface area contributed by atoms with Crippen molar-refractivity contribution in [2.24, 2.45) is 7.05 Å². The Morgan fingerprint density at radius 3 is 2.84 bits per heavy atom. The van der Waals surface area contributed by atoms with Gasteiger partial charge in [0.2, 0.25) is 11.9 Å². The molecule has 1 aliphatic heterocycles. The molecule has 0 radical (unpaired) electrons. The number of anilines is 3. The predicted octanol–water partition coefficient (Wildman–Crippen LogP) is 2.54. The predicted molar refractivity (Wildman–Crippen MR) is 116 cm³/mol. The molecule has 5 rings (SSSR count). The second-order valence-electron chi connectivity index (χ2n) is 7.23. The number of nitrogens with zero attached hydrogens (tertiary/aromatic N) is 7. The van der Waals surface area contributed by atoms with Gasteiger partial charge in [0.15, 0.2) is 0 Å². The molecule has 9 nitrogen and oxygen atoms in total. The SMILES string of the molecule is Cn1nccc1Nc1nccc(-c2cnc3c(c2)CCN3C(=O)Cc2ccccn2)n1. The van der Waals surface area contributed by atoms with E-state index in [2.05, 4.69) is 30.4 Å². The van der Waals surface area contributed by atoms with E-state index >= 15 is 0 Å². The lowest BCUT2D eigenvalue weighted by Gasteiger charge is -2.16. The van der Waals surface area contributed by atoms with Crippen LogP contribution in [0.25, 0.3) is 11.3 Å². The summed E-state index contributed by atoms with van der Waals surface area (Å²) in [5.74, 6) is 1.99. The maximum Gasteiger partial charge on any atom is 0.234 e. The van der Waals surface area contributed by atoms with Gasteiger partial charge in [-0.05, 0) is 36.2 Å². The molecule has 0 bridgehead atoms. The number of fused-ring (bicyclic) bond motifs is 1. The highest BCUT2D eigenvalue weighted by molar-refractivity contribution is 5.95. The third-order valence-electron chi connectivity index (χ3n) is 5.17. The fourth-order valence-electron chi connectivity index (χ4n) is 3.60. The monoisotopic (exact) mass is 412 g/mol. The first-order valence-electron chi connectivity index (χ1n) is 9.95. The summed E-state index contributed by atoms with van der Waals surface area (Å²) < 4.78 is 1.71. The Bertz CT molecular complexity index is 1240. The molecule has 154 valence electrons. The molecular formula is C22H20N8O. The van der Waals surface area contributed by atoms with Gasteiger partial charge < -0.3 is 5.32 Å². The number of hydrogen-bond acceptors (Lipinski definition) is 7. The number of carbonyl (C=O) groups is 1. The summed E-state index contributed by atoms with van der Waals surface area (Å²) in [6, 6.07) is 11.3. The standard InChI is InChI=1S/C22H20N8O/c1-29-19(6-10-26-29)28-22-24-9-5-18(27-22)16-12-15-7-11-30(21(15)25-14-16)20(31)13-17-4-2-3-8-23-17/h2-6,8-10,12,14H,7,11,13H2,1H3,(H,24,27,28). The van der Waals surface area contributed by atoms with Gasteiger partial charge in [0.25, 0.3) is 0 Å². The van der Waals surface area contributed by atoms with Crippen molar-refractivity contribution in [1.82, 2.24) is 29.7 Å². The zero-order chi connectivity index (χ0) is 21.2. The van der Waals surface area contributed by atoms with Crippen LogP contribution in [0.15, 0.2) is 61.2 Å². The van der Waals surface area contributed by atoms with E-state index in [9.17, 15) is 4.79 Å². The molecule has 9 heteroatoms. The van der Waals surface area contributed by atoms with Crippen molar-refractivity contribution < 1.29 is 4.79 Å². The fraction of sp³-hybridized carbons (Fsp3) is 0.182. The highest BCUT2D eigenvalue weighted by atomic mass is 16.2. The van der Waals surface area contributed by atoms with E-state index in [4.69, 9.17) is 0 Å². The van der Waals surface area contributed by atoms with Crippen LogP contribution in [0.4, 0.5) is 17.6 Å². The number of aromatic nitrogens is 6. The van der Waals surface area contributed by atoms with E-state index < -0.39 is 0 Å². The first-order valence-corrected chi connectivity index (χ1v) is 9.95. The van der Waals surface area contributed by atoms with E-state index in [0.717, 1.165) is 34.8 Å². The van der Waals surface area contributed by atoms with Crippen molar-refractivity contribution in [2.45, 2.75) is 12.8 Å². The topological polar surface area (TPSA) is 102 Å². The quantitative estimate of drug-likeness (QED) is 0.537. The van der Waals surface area contributed by atoms with Gasteiger partial charge in [-0.1, -0.05) is 6.07 Å². The molecule has 0 aromatic carbocycles. The molecule has 1 amide bonds. The van der Waals surface area contributed by atoms with Crippen LogP contribution in [-0.4, -0.2) is 42.2 Å². The van der Waals surface area contributed by atoms with Gasteiger partial charge in [0.1, 0.15) is 11.6 Å². The van der Waals surface area contributed by atoms with Crippen molar-refractivity contribution in [1.29, 1.82) is 0 Å². The molecule has 0 unspecified atom stereocenters. The molecule has 0 saturated heterocycles. The molecule has 0 spiro atoms. The van der Waals surface area contributed by atoms with Gasteiger partial charge in [-0.15, -0.1) is 0 Å². The van der Waals surface area contributed by atoms with Crippen molar-refractivity contribution in [3.8, 4) is 11.3 Å². The van der Waals surface area contributed by atoms with Crippen LogP contribution in [0.3, 0.4) is 0 Å². The first kappa shape index (κ1) is 18.9. The minimum Gasteiger partial charge on any atom is -0.309 e. The van der Waals surface area contributed by atoms with Crippen molar-refractivity contribution in [3.63, 3.8) is 0 Å². The van der Waals surface area contributed by atoms with Gasteiger partial charge >= 0.3 is 0 Å². The van der Waals surface area contributed by atoms with Gasteiger partial charge in [0, 0.05) is 49.5 Å². The highest BCUT2D eigenvalue weighted by Gasteiger charge is 2.26. The van der Waals surface area contributed by atoms with Crippen molar-refractivity contribution in [2.75, 3.05) is 16.8 Å². The average Bonchev–Trinajstić information content (AvgIpc) is 3.40. The number of aryl methyl sites for hydroxylation is 1. The number of pyridine rings is 2. The number of rotatable bonds is 5.